The van der Waals surface area contributed by atoms with E-state index in [0.29, 0.717) is 18.0 Å². The van der Waals surface area contributed by atoms with Gasteiger partial charge in [0.1, 0.15) is 18.0 Å². The van der Waals surface area contributed by atoms with E-state index in [1.807, 2.05) is 6.07 Å². The monoisotopic (exact) mass is 478 g/mol. The number of hydrogen-bond acceptors (Lipinski definition) is 11. The second-order valence-electron chi connectivity index (χ2n) is 8.37. The third kappa shape index (κ3) is 5.81. The number of hydrogen-bond donors (Lipinski definition) is 3. The van der Waals surface area contributed by atoms with Gasteiger partial charge in [0.15, 0.2) is 11.6 Å². The molecule has 0 unspecified atom stereocenters. The summed E-state index contributed by atoms with van der Waals surface area (Å²) in [6.07, 6.45) is 7.02. The lowest BCUT2D eigenvalue weighted by Crippen LogP contribution is -2.43. The Kier molecular flexibility index (Phi) is 7.68. The first-order valence-corrected chi connectivity index (χ1v) is 11.4. The number of carbonyl (C=O) groups is 1. The molecule has 1 aliphatic heterocycles. The van der Waals surface area contributed by atoms with Crippen molar-refractivity contribution < 1.29 is 14.3 Å². The third-order valence-electron chi connectivity index (χ3n) is 5.77. The fraction of sp³-hybridized carbons (Fsp3) is 0.375. The van der Waals surface area contributed by atoms with Crippen molar-refractivity contribution in [3.8, 4) is 17.3 Å². The number of nitrogens with two attached hydrogens (primary N) is 3. The molecule has 11 nitrogen and oxygen atoms in total. The maximum absolute atomic E-state index is 13.3. The van der Waals surface area contributed by atoms with E-state index in [0.717, 1.165) is 37.2 Å². The van der Waals surface area contributed by atoms with Crippen LogP contribution < -0.4 is 26.8 Å². The topological polar surface area (TPSA) is 168 Å². The summed E-state index contributed by atoms with van der Waals surface area (Å²) in [7, 11) is 1.57. The summed E-state index contributed by atoms with van der Waals surface area (Å²) in [5.74, 6) is 0.101. The van der Waals surface area contributed by atoms with E-state index < -0.39 is 0 Å². The van der Waals surface area contributed by atoms with Gasteiger partial charge in [0.05, 0.1) is 24.2 Å². The summed E-state index contributed by atoms with van der Waals surface area (Å²) < 4.78 is 10.5. The average Bonchev–Trinajstić information content (AvgIpc) is 2.86. The molecule has 4 rings (SSSR count). The molecule has 1 aliphatic rings. The lowest BCUT2D eigenvalue weighted by atomic mass is 10.0. The molecule has 1 fully saturated rings. The third-order valence-corrected chi connectivity index (χ3v) is 5.77. The number of carbonyl (C=O) groups excluding carboxylic acids is 1. The van der Waals surface area contributed by atoms with Crippen molar-refractivity contribution in [1.29, 1.82) is 0 Å². The van der Waals surface area contributed by atoms with Crippen molar-refractivity contribution in [1.82, 2.24) is 19.9 Å². The van der Waals surface area contributed by atoms with Gasteiger partial charge in [-0.15, -0.1) is 0 Å². The summed E-state index contributed by atoms with van der Waals surface area (Å²) in [4.78, 5) is 32.8. The number of methoxy groups -OCH3 is 1. The quantitative estimate of drug-likeness (QED) is 0.301. The van der Waals surface area contributed by atoms with Gasteiger partial charge in [-0.1, -0.05) is 0 Å². The highest BCUT2D eigenvalue weighted by Crippen LogP contribution is 2.27. The molecule has 11 heteroatoms. The summed E-state index contributed by atoms with van der Waals surface area (Å²) in [6, 6.07) is 5.34. The maximum atomic E-state index is 13.3. The van der Waals surface area contributed by atoms with Crippen molar-refractivity contribution in [2.75, 3.05) is 49.8 Å². The number of aromatic nitrogens is 4. The van der Waals surface area contributed by atoms with Crippen molar-refractivity contribution >= 4 is 23.0 Å². The molecule has 3 aromatic heterocycles. The van der Waals surface area contributed by atoms with Crippen LogP contribution in [0.25, 0.3) is 11.4 Å². The van der Waals surface area contributed by atoms with Crippen LogP contribution in [0, 0.1) is 0 Å². The van der Waals surface area contributed by atoms with Gasteiger partial charge >= 0.3 is 0 Å². The highest BCUT2D eigenvalue weighted by Gasteiger charge is 2.22. The molecule has 0 aliphatic carbocycles. The van der Waals surface area contributed by atoms with Crippen LogP contribution in [0.1, 0.15) is 28.9 Å². The maximum Gasteiger partial charge on any atom is 0.257 e. The minimum absolute atomic E-state index is 0.106. The van der Waals surface area contributed by atoms with Gasteiger partial charge in [0, 0.05) is 56.3 Å². The number of nitrogen functional groups attached to an aromatic ring is 2. The summed E-state index contributed by atoms with van der Waals surface area (Å²) in [6.45, 7) is 2.28. The molecule has 1 atom stereocenters. The molecule has 1 saturated heterocycles. The number of nitrogens with zero attached hydrogens (tertiary/aromatic N) is 5. The molecule has 0 saturated carbocycles. The molecular formula is C24H30N8O3. The smallest absolute Gasteiger partial charge is 0.257 e. The minimum atomic E-state index is -0.222. The Morgan fingerprint density at radius 2 is 2.00 bits per heavy atom. The predicted octanol–water partition coefficient (Wildman–Crippen LogP) is 1.48. The van der Waals surface area contributed by atoms with Crippen molar-refractivity contribution in [2.45, 2.75) is 25.3 Å². The zero-order valence-electron chi connectivity index (χ0n) is 19.7. The molecule has 0 amide bonds. The van der Waals surface area contributed by atoms with E-state index >= 15 is 0 Å². The molecule has 0 aromatic carbocycles. The number of ketones is 1. The Balaban J connectivity index is 1.58. The molecule has 35 heavy (non-hydrogen) atoms. The number of piperidine rings is 1. The molecule has 4 heterocycles. The van der Waals surface area contributed by atoms with Gasteiger partial charge < -0.3 is 31.6 Å². The standard InChI is InChI=1S/C24H30N8O3/c1-34-9-10-35-24-23(27)29-13-19(31-24)18-5-4-17(26)22(30-18)21(33)11-15-12-28-7-6-20(15)32-8-2-3-16(25)14-32/h4-7,12-13,16H,2-3,8-11,14,25-26H2,1H3,(H2,27,29)/t16-/m0/s1. The van der Waals surface area contributed by atoms with E-state index in [1.54, 1.807) is 31.6 Å². The fourth-order valence-corrected chi connectivity index (χ4v) is 4.02. The summed E-state index contributed by atoms with van der Waals surface area (Å²) >= 11 is 0. The van der Waals surface area contributed by atoms with E-state index in [4.69, 9.17) is 26.7 Å². The molecule has 6 N–H and O–H groups in total. The average molecular weight is 479 g/mol. The molecule has 0 bridgehead atoms. The Morgan fingerprint density at radius 3 is 2.80 bits per heavy atom. The zero-order chi connectivity index (χ0) is 24.8. The number of pyridine rings is 2. The number of rotatable bonds is 9. The predicted molar refractivity (Wildman–Crippen MR) is 133 cm³/mol. The number of Topliss-reactive ketones (excluding diaryl/α,β-unsaturated/α-hetero) is 1. The zero-order valence-corrected chi connectivity index (χ0v) is 19.7. The highest BCUT2D eigenvalue weighted by molar-refractivity contribution is 6.01. The molecule has 0 radical (unpaired) electrons. The van der Waals surface area contributed by atoms with Crippen molar-refractivity contribution in [2.24, 2.45) is 5.73 Å². The molecular weight excluding hydrogens is 448 g/mol. The fourth-order valence-electron chi connectivity index (χ4n) is 4.02. The van der Waals surface area contributed by atoms with Crippen LogP contribution in [0.3, 0.4) is 0 Å². The SMILES string of the molecule is COCCOc1nc(-c2ccc(N)c(C(=O)Cc3cnccc3N3CCC[C@H](N)C3)n2)cnc1N. The Bertz CT molecular complexity index is 1190. The van der Waals surface area contributed by atoms with Gasteiger partial charge in [-0.2, -0.15) is 0 Å². The van der Waals surface area contributed by atoms with Crippen molar-refractivity contribution in [3.63, 3.8) is 0 Å². The first-order chi connectivity index (χ1) is 17.0. The van der Waals surface area contributed by atoms with Gasteiger partial charge in [-0.05, 0) is 31.0 Å². The van der Waals surface area contributed by atoms with E-state index in [-0.39, 0.29) is 47.9 Å². The van der Waals surface area contributed by atoms with Crippen LogP contribution in [-0.2, 0) is 11.2 Å². The largest absolute Gasteiger partial charge is 0.473 e. The molecule has 3 aromatic rings. The van der Waals surface area contributed by atoms with Crippen LogP contribution >= 0.6 is 0 Å². The number of anilines is 3. The highest BCUT2D eigenvalue weighted by atomic mass is 16.5. The lowest BCUT2D eigenvalue weighted by molar-refractivity contribution is 0.0989. The van der Waals surface area contributed by atoms with Gasteiger partial charge in [-0.3, -0.25) is 9.78 Å². The number of ether oxygens (including phenoxy) is 2. The second-order valence-corrected chi connectivity index (χ2v) is 8.37. The first-order valence-electron chi connectivity index (χ1n) is 11.4. The Hall–Kier alpha value is -3.83. The van der Waals surface area contributed by atoms with Crippen LogP contribution in [0.4, 0.5) is 17.2 Å². The van der Waals surface area contributed by atoms with E-state index in [1.165, 1.54) is 6.20 Å². The van der Waals surface area contributed by atoms with Crippen LogP contribution in [0.2, 0.25) is 0 Å². The molecule has 0 spiro atoms. The van der Waals surface area contributed by atoms with E-state index in [9.17, 15) is 4.79 Å². The van der Waals surface area contributed by atoms with Crippen LogP contribution in [-0.4, -0.2) is 65.2 Å². The Morgan fingerprint density at radius 1 is 1.14 bits per heavy atom. The molecule has 184 valence electrons. The normalized spacial score (nSPS) is 15.7. The van der Waals surface area contributed by atoms with Gasteiger partial charge in [0.2, 0.25) is 0 Å². The lowest BCUT2D eigenvalue weighted by Gasteiger charge is -2.33. The van der Waals surface area contributed by atoms with Crippen LogP contribution in [0.15, 0.2) is 36.8 Å². The summed E-state index contributed by atoms with van der Waals surface area (Å²) in [5, 5.41) is 0. The second kappa shape index (κ2) is 11.1. The van der Waals surface area contributed by atoms with Crippen molar-refractivity contribution in [3.05, 3.63) is 48.0 Å². The Labute approximate surface area is 203 Å². The van der Waals surface area contributed by atoms with Gasteiger partial charge in [0.25, 0.3) is 5.88 Å². The summed E-state index contributed by atoms with van der Waals surface area (Å²) in [5.41, 5.74) is 21.2. The van der Waals surface area contributed by atoms with Crippen LogP contribution in [0.5, 0.6) is 5.88 Å². The van der Waals surface area contributed by atoms with E-state index in [2.05, 4.69) is 24.8 Å². The first kappa shape index (κ1) is 24.3. The minimum Gasteiger partial charge on any atom is -0.473 e. The van der Waals surface area contributed by atoms with Gasteiger partial charge in [-0.25, -0.2) is 15.0 Å².